The van der Waals surface area contributed by atoms with E-state index in [1.165, 1.54) is 11.7 Å². The van der Waals surface area contributed by atoms with E-state index in [1.807, 2.05) is 36.4 Å². The van der Waals surface area contributed by atoms with Crippen LogP contribution in [0, 0.1) is 0 Å². The first-order chi connectivity index (χ1) is 20.7. The summed E-state index contributed by atoms with van der Waals surface area (Å²) < 4.78 is 12.7. The number of para-hydroxylation sites is 1. The lowest BCUT2D eigenvalue weighted by Gasteiger charge is -2.26. The SMILES string of the molecule is CCOC(=O)C1=C(C)N=c2s/c(=C3\C(=O)N(Cc4ccc(Cl)cc4)c4ccccc43)c(=O)n2[C@H]1c1cc(Cl)ccc1OC. The fourth-order valence-electron chi connectivity index (χ4n) is 5.48. The Hall–Kier alpha value is -4.18. The number of hydrogen-bond acceptors (Lipinski definition) is 7. The van der Waals surface area contributed by atoms with Crippen molar-refractivity contribution >= 4 is 57.7 Å². The van der Waals surface area contributed by atoms with Crippen LogP contribution >= 0.6 is 34.5 Å². The molecule has 1 aromatic heterocycles. The van der Waals surface area contributed by atoms with Crippen molar-refractivity contribution in [1.82, 2.24) is 4.57 Å². The fraction of sp³-hybridized carbons (Fsp3) is 0.188. The third kappa shape index (κ3) is 4.97. The second-order valence-electron chi connectivity index (χ2n) is 9.92. The van der Waals surface area contributed by atoms with Gasteiger partial charge in [-0.05, 0) is 55.8 Å². The van der Waals surface area contributed by atoms with Gasteiger partial charge in [-0.2, -0.15) is 0 Å². The first kappa shape index (κ1) is 28.9. The van der Waals surface area contributed by atoms with Gasteiger partial charge in [0, 0.05) is 21.2 Å². The van der Waals surface area contributed by atoms with Gasteiger partial charge in [0.05, 0.1) is 42.8 Å². The van der Waals surface area contributed by atoms with Crippen molar-refractivity contribution in [3.8, 4) is 5.75 Å². The van der Waals surface area contributed by atoms with Gasteiger partial charge >= 0.3 is 5.97 Å². The molecule has 0 radical (unpaired) electrons. The Morgan fingerprint density at radius 3 is 2.47 bits per heavy atom. The molecule has 0 saturated carbocycles. The number of rotatable bonds is 6. The Kier molecular flexibility index (Phi) is 7.72. The molecule has 0 aliphatic carbocycles. The van der Waals surface area contributed by atoms with Crippen molar-refractivity contribution in [3.63, 3.8) is 0 Å². The summed E-state index contributed by atoms with van der Waals surface area (Å²) in [7, 11) is 1.50. The highest BCUT2D eigenvalue weighted by molar-refractivity contribution is 7.07. The third-order valence-corrected chi connectivity index (χ3v) is 8.92. The summed E-state index contributed by atoms with van der Waals surface area (Å²) in [6.07, 6.45) is 0. The zero-order chi connectivity index (χ0) is 30.4. The number of aromatic nitrogens is 1. The summed E-state index contributed by atoms with van der Waals surface area (Å²) in [5.41, 5.74) is 3.12. The molecule has 3 aromatic carbocycles. The van der Waals surface area contributed by atoms with Crippen LogP contribution in [0.25, 0.3) is 5.57 Å². The van der Waals surface area contributed by atoms with Gasteiger partial charge in [0.2, 0.25) is 0 Å². The Morgan fingerprint density at radius 1 is 1.02 bits per heavy atom. The molecule has 4 aromatic rings. The lowest BCUT2D eigenvalue weighted by molar-refractivity contribution is -0.139. The summed E-state index contributed by atoms with van der Waals surface area (Å²) >= 11 is 13.6. The molecule has 2 aliphatic rings. The van der Waals surface area contributed by atoms with Crippen LogP contribution in [0.4, 0.5) is 5.69 Å². The maximum Gasteiger partial charge on any atom is 0.338 e. The van der Waals surface area contributed by atoms with E-state index >= 15 is 0 Å². The Balaban J connectivity index is 1.60. The van der Waals surface area contributed by atoms with Crippen LogP contribution in [0.3, 0.4) is 0 Å². The highest BCUT2D eigenvalue weighted by Gasteiger charge is 2.38. The Labute approximate surface area is 260 Å². The van der Waals surface area contributed by atoms with Crippen LogP contribution in [0.1, 0.15) is 36.6 Å². The Bertz CT molecular complexity index is 2010. The number of thiazole rings is 1. The number of benzene rings is 3. The minimum Gasteiger partial charge on any atom is -0.496 e. The van der Waals surface area contributed by atoms with Gasteiger partial charge in [-0.25, -0.2) is 9.79 Å². The van der Waals surface area contributed by atoms with E-state index in [1.54, 1.807) is 49.1 Å². The molecule has 6 rings (SSSR count). The van der Waals surface area contributed by atoms with Gasteiger partial charge in [-0.1, -0.05) is 64.9 Å². The van der Waals surface area contributed by atoms with Gasteiger partial charge < -0.3 is 14.4 Å². The average molecular weight is 635 g/mol. The molecule has 0 saturated heterocycles. The molecule has 0 N–H and O–H groups in total. The molecule has 1 amide bonds. The molecular weight excluding hydrogens is 609 g/mol. The monoisotopic (exact) mass is 633 g/mol. The lowest BCUT2D eigenvalue weighted by atomic mass is 9.95. The quantitative estimate of drug-likeness (QED) is 0.278. The highest BCUT2D eigenvalue weighted by Crippen LogP contribution is 2.39. The third-order valence-electron chi connectivity index (χ3n) is 7.38. The van der Waals surface area contributed by atoms with E-state index < -0.39 is 17.6 Å². The van der Waals surface area contributed by atoms with Crippen LogP contribution < -0.4 is 24.5 Å². The standard InChI is InChI=1S/C32H25Cl2N3O5S/c1-4-42-31(40)25-17(2)35-32-37(27(25)22-15-20(34)13-14-24(22)41-3)30(39)28(43-32)26-21-7-5-6-8-23(21)36(29(26)38)16-18-9-11-19(33)12-10-18/h5-15,27H,4,16H2,1-3H3/b28-26-/t27-/m0/s1. The largest absolute Gasteiger partial charge is 0.496 e. The van der Waals surface area contributed by atoms with Crippen molar-refractivity contribution in [2.75, 3.05) is 18.6 Å². The molecule has 0 spiro atoms. The molecular formula is C32H25Cl2N3O5S. The number of hydrogen-bond donors (Lipinski definition) is 0. The maximum atomic E-state index is 14.4. The summed E-state index contributed by atoms with van der Waals surface area (Å²) in [6.45, 7) is 3.83. The van der Waals surface area contributed by atoms with Crippen molar-refractivity contribution in [3.05, 3.63) is 124 Å². The fourth-order valence-corrected chi connectivity index (χ4v) is 6.93. The minimum absolute atomic E-state index is 0.137. The average Bonchev–Trinajstić information content (AvgIpc) is 3.45. The van der Waals surface area contributed by atoms with E-state index in [4.69, 9.17) is 32.7 Å². The molecule has 8 nitrogen and oxygen atoms in total. The second-order valence-corrected chi connectivity index (χ2v) is 11.8. The Morgan fingerprint density at radius 2 is 1.74 bits per heavy atom. The predicted octanol–water partition coefficient (Wildman–Crippen LogP) is 5.03. The number of fused-ring (bicyclic) bond motifs is 2. The van der Waals surface area contributed by atoms with E-state index in [2.05, 4.69) is 4.99 Å². The zero-order valence-corrected chi connectivity index (χ0v) is 25.7. The van der Waals surface area contributed by atoms with Gasteiger partial charge in [0.25, 0.3) is 11.5 Å². The predicted molar refractivity (Wildman–Crippen MR) is 166 cm³/mol. The number of carbonyl (C=O) groups is 2. The van der Waals surface area contributed by atoms with Crippen LogP contribution in [0.2, 0.25) is 10.0 Å². The van der Waals surface area contributed by atoms with Crippen LogP contribution in [-0.2, 0) is 20.9 Å². The topological polar surface area (TPSA) is 90.2 Å². The minimum atomic E-state index is -0.949. The molecule has 0 fully saturated rings. The molecule has 0 unspecified atom stereocenters. The molecule has 218 valence electrons. The van der Waals surface area contributed by atoms with Gasteiger partial charge in [-0.15, -0.1) is 0 Å². The van der Waals surface area contributed by atoms with E-state index in [0.717, 1.165) is 16.9 Å². The van der Waals surface area contributed by atoms with Gasteiger partial charge in [0.15, 0.2) is 4.80 Å². The molecule has 1 atom stereocenters. The van der Waals surface area contributed by atoms with Crippen LogP contribution in [0.15, 0.2) is 87.8 Å². The van der Waals surface area contributed by atoms with Crippen molar-refractivity contribution < 1.29 is 19.1 Å². The number of methoxy groups -OCH3 is 1. The number of amides is 1. The summed E-state index contributed by atoms with van der Waals surface area (Å²) in [5.74, 6) is -0.481. The van der Waals surface area contributed by atoms with Crippen LogP contribution in [0.5, 0.6) is 5.75 Å². The van der Waals surface area contributed by atoms with E-state index in [9.17, 15) is 14.4 Å². The lowest BCUT2D eigenvalue weighted by Crippen LogP contribution is -2.41. The zero-order valence-electron chi connectivity index (χ0n) is 23.4. The number of allylic oxidation sites excluding steroid dienone is 1. The first-order valence-corrected chi connectivity index (χ1v) is 15.0. The number of halogens is 2. The van der Waals surface area contributed by atoms with E-state index in [0.29, 0.717) is 49.7 Å². The molecule has 11 heteroatoms. The summed E-state index contributed by atoms with van der Waals surface area (Å²) in [4.78, 5) is 48.5. The maximum absolute atomic E-state index is 14.4. The highest BCUT2D eigenvalue weighted by atomic mass is 35.5. The van der Waals surface area contributed by atoms with E-state index in [-0.39, 0.29) is 28.2 Å². The number of carbonyl (C=O) groups excluding carboxylic acids is 2. The molecule has 2 aliphatic heterocycles. The molecule has 3 heterocycles. The first-order valence-electron chi connectivity index (χ1n) is 13.4. The summed E-state index contributed by atoms with van der Waals surface area (Å²) in [6, 6.07) is 18.7. The number of anilines is 1. The van der Waals surface area contributed by atoms with Gasteiger partial charge in [0.1, 0.15) is 16.3 Å². The molecule has 0 bridgehead atoms. The normalized spacial score (nSPS) is 17.0. The van der Waals surface area contributed by atoms with Crippen molar-refractivity contribution in [1.29, 1.82) is 0 Å². The second kappa shape index (κ2) is 11.5. The number of ether oxygens (including phenoxy) is 2. The van der Waals surface area contributed by atoms with Crippen molar-refractivity contribution in [2.45, 2.75) is 26.4 Å². The number of esters is 1. The van der Waals surface area contributed by atoms with Crippen LogP contribution in [-0.4, -0.2) is 30.2 Å². The smallest absolute Gasteiger partial charge is 0.338 e. The van der Waals surface area contributed by atoms with Crippen molar-refractivity contribution in [2.24, 2.45) is 4.99 Å². The summed E-state index contributed by atoms with van der Waals surface area (Å²) in [5, 5.41) is 0.999. The number of nitrogens with zero attached hydrogens (tertiary/aromatic N) is 3. The molecule has 43 heavy (non-hydrogen) atoms. The van der Waals surface area contributed by atoms with Gasteiger partial charge in [-0.3, -0.25) is 14.2 Å².